The van der Waals surface area contributed by atoms with E-state index in [9.17, 15) is 0 Å². The van der Waals surface area contributed by atoms with E-state index < -0.39 is 8.32 Å². The summed E-state index contributed by atoms with van der Waals surface area (Å²) in [5.41, 5.74) is 0. The molecule has 0 fully saturated rings. The lowest BCUT2D eigenvalue weighted by atomic mass is 10.1. The molecule has 0 aliphatic rings. The van der Waals surface area contributed by atoms with Crippen LogP contribution in [0.4, 0.5) is 0 Å². The molecule has 0 bridgehead atoms. The first kappa shape index (κ1) is 17.0. The van der Waals surface area contributed by atoms with Gasteiger partial charge in [0, 0.05) is 0 Å². The molecule has 0 saturated heterocycles. The molecule has 0 heterocycles. The minimum absolute atomic E-state index is 0.303. The molecular weight excluding hydrogens is 223 g/mol. The first-order chi connectivity index (χ1) is 7.74. The summed E-state index contributed by atoms with van der Waals surface area (Å²) in [6.07, 6.45) is 7.60. The Balaban J connectivity index is 4.43. The summed E-state index contributed by atoms with van der Waals surface area (Å²) in [7, 11) is 0.468. The van der Waals surface area contributed by atoms with Crippen LogP contribution in [0.1, 0.15) is 53.4 Å². The first-order valence-corrected chi connectivity index (χ1v) is 9.96. The van der Waals surface area contributed by atoms with Gasteiger partial charge in [0.15, 0.2) is 8.32 Å². The van der Waals surface area contributed by atoms with Gasteiger partial charge < -0.3 is 4.43 Å². The molecule has 0 aliphatic heterocycles. The van der Waals surface area contributed by atoms with Crippen molar-refractivity contribution in [1.29, 1.82) is 0 Å². The molecule has 3 heteroatoms. The Morgan fingerprint density at radius 1 is 1.24 bits per heavy atom. The second-order valence-electron chi connectivity index (χ2n) is 6.44. The van der Waals surface area contributed by atoms with E-state index in [1.54, 1.807) is 0 Å². The SMILES string of the molecule is B/C=C/C(CCCCC)O[Si](C)(C)C(C)(C)C. The minimum Gasteiger partial charge on any atom is -0.411 e. The smallest absolute Gasteiger partial charge is 0.192 e. The molecule has 0 N–H and O–H groups in total. The molecule has 0 spiro atoms. The normalized spacial score (nSPS) is 15.4. The summed E-state index contributed by atoms with van der Waals surface area (Å²) < 4.78 is 6.44. The Hall–Kier alpha value is -0.0182. The molecule has 0 amide bonds. The average molecular weight is 254 g/mol. The van der Waals surface area contributed by atoms with E-state index in [0.717, 1.165) is 0 Å². The number of unbranched alkanes of at least 4 members (excludes halogenated alkanes) is 2. The highest BCUT2D eigenvalue weighted by molar-refractivity contribution is 6.74. The van der Waals surface area contributed by atoms with Gasteiger partial charge in [-0.2, -0.15) is 0 Å². The van der Waals surface area contributed by atoms with E-state index >= 15 is 0 Å². The van der Waals surface area contributed by atoms with E-state index in [1.807, 2.05) is 0 Å². The van der Waals surface area contributed by atoms with E-state index in [4.69, 9.17) is 4.43 Å². The Morgan fingerprint density at radius 3 is 2.24 bits per heavy atom. The molecule has 0 rings (SSSR count). The third-order valence-electron chi connectivity index (χ3n) is 3.75. The first-order valence-electron chi connectivity index (χ1n) is 7.05. The summed E-state index contributed by atoms with van der Waals surface area (Å²) in [5, 5.41) is 0.303. The predicted molar refractivity (Wildman–Crippen MR) is 83.9 cm³/mol. The van der Waals surface area contributed by atoms with Crippen molar-refractivity contribution in [2.24, 2.45) is 0 Å². The fraction of sp³-hybridized carbons (Fsp3) is 0.857. The molecule has 17 heavy (non-hydrogen) atoms. The van der Waals surface area contributed by atoms with Crippen LogP contribution < -0.4 is 0 Å². The highest BCUT2D eigenvalue weighted by Gasteiger charge is 2.38. The van der Waals surface area contributed by atoms with Gasteiger partial charge in [0.1, 0.15) is 7.85 Å². The van der Waals surface area contributed by atoms with Crippen LogP contribution >= 0.6 is 0 Å². The zero-order valence-corrected chi connectivity index (χ0v) is 14.0. The molecule has 0 aliphatic carbocycles. The van der Waals surface area contributed by atoms with Crippen molar-refractivity contribution in [2.45, 2.75) is 77.6 Å². The van der Waals surface area contributed by atoms with Crippen LogP contribution in [0.2, 0.25) is 18.1 Å². The van der Waals surface area contributed by atoms with Crippen molar-refractivity contribution in [2.75, 3.05) is 0 Å². The second kappa shape index (κ2) is 7.42. The van der Waals surface area contributed by atoms with E-state index in [0.29, 0.717) is 11.1 Å². The Kier molecular flexibility index (Phi) is 7.42. The lowest BCUT2D eigenvalue weighted by molar-refractivity contribution is 0.211. The maximum atomic E-state index is 6.44. The van der Waals surface area contributed by atoms with E-state index in [2.05, 4.69) is 60.7 Å². The van der Waals surface area contributed by atoms with Gasteiger partial charge >= 0.3 is 0 Å². The number of hydrogen-bond donors (Lipinski definition) is 0. The van der Waals surface area contributed by atoms with Crippen LogP contribution in [0.15, 0.2) is 12.1 Å². The van der Waals surface area contributed by atoms with Gasteiger partial charge in [0.25, 0.3) is 0 Å². The monoisotopic (exact) mass is 254 g/mol. The third kappa shape index (κ3) is 6.47. The topological polar surface area (TPSA) is 9.23 Å². The number of rotatable bonds is 7. The van der Waals surface area contributed by atoms with E-state index in [1.165, 1.54) is 25.7 Å². The molecule has 0 radical (unpaired) electrons. The van der Waals surface area contributed by atoms with Gasteiger partial charge in [0.2, 0.25) is 0 Å². The Morgan fingerprint density at radius 2 is 1.82 bits per heavy atom. The largest absolute Gasteiger partial charge is 0.411 e. The maximum absolute atomic E-state index is 6.44. The Bertz CT molecular complexity index is 231. The van der Waals surface area contributed by atoms with Gasteiger partial charge in [-0.15, -0.1) is 5.98 Å². The summed E-state index contributed by atoms with van der Waals surface area (Å²) >= 11 is 0. The summed E-state index contributed by atoms with van der Waals surface area (Å²) in [4.78, 5) is 0. The standard InChI is InChI=1S/C14H31BOSi/c1-7-8-9-10-13(11-12-15)16-17(5,6)14(2,3)4/h11-13H,7-10,15H2,1-6H3/b12-11+. The van der Waals surface area contributed by atoms with Crippen molar-refractivity contribution in [1.82, 2.24) is 0 Å². The molecule has 0 aromatic rings. The van der Waals surface area contributed by atoms with Crippen LogP contribution in [0.25, 0.3) is 0 Å². The van der Waals surface area contributed by atoms with Gasteiger partial charge in [-0.3, -0.25) is 0 Å². The maximum Gasteiger partial charge on any atom is 0.192 e. The van der Waals surface area contributed by atoms with Gasteiger partial charge in [-0.1, -0.05) is 53.0 Å². The van der Waals surface area contributed by atoms with Crippen molar-refractivity contribution in [3.05, 3.63) is 12.1 Å². The molecule has 100 valence electrons. The highest BCUT2D eigenvalue weighted by Crippen LogP contribution is 2.37. The molecule has 1 unspecified atom stereocenters. The van der Waals surface area contributed by atoms with Gasteiger partial charge in [0.05, 0.1) is 6.10 Å². The summed E-state index contributed by atoms with van der Waals surface area (Å²) in [5.74, 6) is 2.13. The summed E-state index contributed by atoms with van der Waals surface area (Å²) in [6.45, 7) is 13.8. The molecule has 0 aromatic heterocycles. The van der Waals surface area contributed by atoms with Gasteiger partial charge in [-0.25, -0.2) is 0 Å². The van der Waals surface area contributed by atoms with Crippen molar-refractivity contribution in [3.63, 3.8) is 0 Å². The predicted octanol–water partition coefficient (Wildman–Crippen LogP) is 4.10. The van der Waals surface area contributed by atoms with E-state index in [-0.39, 0.29) is 0 Å². The Labute approximate surface area is 111 Å². The van der Waals surface area contributed by atoms with Crippen LogP contribution in [-0.4, -0.2) is 22.3 Å². The zero-order chi connectivity index (χ0) is 13.5. The number of hydrogen-bond acceptors (Lipinski definition) is 1. The van der Waals surface area contributed by atoms with Crippen LogP contribution in [0.3, 0.4) is 0 Å². The van der Waals surface area contributed by atoms with Crippen LogP contribution in [-0.2, 0) is 4.43 Å². The molecular formula is C14H31BOSi. The zero-order valence-electron chi connectivity index (χ0n) is 13.0. The molecule has 1 nitrogen and oxygen atoms in total. The van der Waals surface area contributed by atoms with Crippen molar-refractivity contribution in [3.8, 4) is 0 Å². The fourth-order valence-corrected chi connectivity index (χ4v) is 2.87. The average Bonchev–Trinajstić information content (AvgIpc) is 2.16. The highest BCUT2D eigenvalue weighted by atomic mass is 28.4. The van der Waals surface area contributed by atoms with Crippen molar-refractivity contribution < 1.29 is 4.43 Å². The molecule has 1 atom stereocenters. The minimum atomic E-state index is -1.62. The quantitative estimate of drug-likeness (QED) is 0.491. The van der Waals surface area contributed by atoms with Crippen molar-refractivity contribution >= 4 is 16.2 Å². The van der Waals surface area contributed by atoms with Gasteiger partial charge in [-0.05, 0) is 24.6 Å². The summed E-state index contributed by atoms with van der Waals surface area (Å²) in [6, 6.07) is 0. The third-order valence-corrected chi connectivity index (χ3v) is 8.26. The molecule has 0 aromatic carbocycles. The lowest BCUT2D eigenvalue weighted by Gasteiger charge is -2.38. The van der Waals surface area contributed by atoms with Crippen LogP contribution in [0.5, 0.6) is 0 Å². The second-order valence-corrected chi connectivity index (χ2v) is 11.2. The lowest BCUT2D eigenvalue weighted by Crippen LogP contribution is -2.43. The van der Waals surface area contributed by atoms with Crippen LogP contribution in [0, 0.1) is 0 Å². The fourth-order valence-electron chi connectivity index (χ4n) is 1.56. The molecule has 0 saturated carbocycles.